The number of nitrogens with one attached hydrogen (secondary N) is 1. The molecule has 3 N–H and O–H groups in total. The maximum absolute atomic E-state index is 12.2. The summed E-state index contributed by atoms with van der Waals surface area (Å²) in [5.74, 6) is 2.71. The van der Waals surface area contributed by atoms with Crippen molar-refractivity contribution in [1.29, 1.82) is 0 Å². The molecule has 0 aromatic heterocycles. The third-order valence-corrected chi connectivity index (χ3v) is 6.90. The van der Waals surface area contributed by atoms with Crippen LogP contribution in [0.4, 0.5) is 17.1 Å². The van der Waals surface area contributed by atoms with Crippen LogP contribution in [0.1, 0.15) is 6.92 Å². The maximum Gasteiger partial charge on any atom is 0.296 e. The lowest BCUT2D eigenvalue weighted by Gasteiger charge is -2.10. The normalized spacial score (nSPS) is 13.7. The van der Waals surface area contributed by atoms with Gasteiger partial charge in [-0.05, 0) is 59.1 Å². The first kappa shape index (κ1) is 23.1. The van der Waals surface area contributed by atoms with E-state index in [4.69, 9.17) is 0 Å². The highest BCUT2D eigenvalue weighted by Crippen LogP contribution is 2.42. The molecular weight excluding hydrogens is 454 g/mol. The van der Waals surface area contributed by atoms with Crippen LogP contribution in [0.25, 0.3) is 10.8 Å². The van der Waals surface area contributed by atoms with Crippen molar-refractivity contribution in [3.63, 3.8) is 0 Å². The molecule has 0 saturated heterocycles. The van der Waals surface area contributed by atoms with Gasteiger partial charge < -0.3 is 10.4 Å². The van der Waals surface area contributed by atoms with Gasteiger partial charge in [-0.3, -0.25) is 13.6 Å². The van der Waals surface area contributed by atoms with Crippen molar-refractivity contribution in [2.24, 2.45) is 10.2 Å². The molecule has 3 aromatic rings. The Morgan fingerprint density at radius 1 is 1.06 bits per heavy atom. The number of nitrogens with zero attached hydrogens (tertiary/aromatic N) is 2. The van der Waals surface area contributed by atoms with E-state index in [2.05, 4.69) is 28.0 Å². The molecule has 1 atom stereocenters. The Bertz CT molecular complexity index is 1480. The third-order valence-electron chi connectivity index (χ3n) is 4.42. The van der Waals surface area contributed by atoms with Crippen LogP contribution in [0.3, 0.4) is 0 Å². The molecule has 0 radical (unpaired) electrons. The van der Waals surface area contributed by atoms with Crippen molar-refractivity contribution in [3.05, 3.63) is 60.5 Å². The first-order valence-corrected chi connectivity index (χ1v) is 12.2. The molecule has 1 amide bonds. The third kappa shape index (κ3) is 4.85. The van der Waals surface area contributed by atoms with Crippen molar-refractivity contribution in [2.75, 3.05) is 5.32 Å². The van der Waals surface area contributed by atoms with E-state index in [1.165, 1.54) is 54.8 Å². The molecule has 0 spiro atoms. The summed E-state index contributed by atoms with van der Waals surface area (Å²) in [5.41, 5.74) is 0.161. The number of hydrogen-bond acceptors (Lipinski definition) is 7. The zero-order valence-corrected chi connectivity index (χ0v) is 18.5. The lowest BCUT2D eigenvalue weighted by Crippen LogP contribution is -2.05. The molecule has 0 aliphatic heterocycles. The maximum atomic E-state index is 12.2. The number of amides is 1. The van der Waals surface area contributed by atoms with Gasteiger partial charge in [0.15, 0.2) is 5.75 Å². The van der Waals surface area contributed by atoms with Crippen LogP contribution in [0.2, 0.25) is 0 Å². The summed E-state index contributed by atoms with van der Waals surface area (Å²) in [7, 11) is -7.39. The minimum absolute atomic E-state index is 0.190. The van der Waals surface area contributed by atoms with Gasteiger partial charge in [-0.1, -0.05) is 12.6 Å². The zero-order valence-electron chi connectivity index (χ0n) is 16.8. The molecule has 0 saturated carbocycles. The lowest BCUT2D eigenvalue weighted by atomic mass is 10.1. The van der Waals surface area contributed by atoms with Crippen LogP contribution >= 0.6 is 0 Å². The Morgan fingerprint density at radius 3 is 2.28 bits per heavy atom. The van der Waals surface area contributed by atoms with E-state index in [-0.39, 0.29) is 17.0 Å². The van der Waals surface area contributed by atoms with Crippen LogP contribution in [0, 0.1) is 0 Å². The first-order valence-electron chi connectivity index (χ1n) is 8.99. The highest BCUT2D eigenvalue weighted by atomic mass is 32.2. The van der Waals surface area contributed by atoms with Crippen molar-refractivity contribution in [1.82, 2.24) is 0 Å². The van der Waals surface area contributed by atoms with E-state index >= 15 is 0 Å². The number of azo groups is 1. The Morgan fingerprint density at radius 2 is 1.72 bits per heavy atom. The molecule has 166 valence electrons. The molecule has 3 rings (SSSR count). The van der Waals surface area contributed by atoms with Gasteiger partial charge in [0.25, 0.3) is 10.1 Å². The second-order valence-electron chi connectivity index (χ2n) is 6.75. The van der Waals surface area contributed by atoms with Crippen LogP contribution in [-0.4, -0.2) is 34.1 Å². The molecule has 11 heteroatoms. The van der Waals surface area contributed by atoms with Gasteiger partial charge in [-0.15, -0.1) is 5.11 Å². The van der Waals surface area contributed by atoms with E-state index in [0.29, 0.717) is 16.0 Å². The summed E-state index contributed by atoms with van der Waals surface area (Å²) in [5, 5.41) is 22.8. The number of phenols is 1. The van der Waals surface area contributed by atoms with Gasteiger partial charge >= 0.3 is 0 Å². The zero-order chi connectivity index (χ0) is 23.7. The van der Waals surface area contributed by atoms with E-state index in [9.17, 15) is 27.1 Å². The fraction of sp³-hybridized carbons (Fsp3) is 0.0476. The Labute approximate surface area is 184 Å². The van der Waals surface area contributed by atoms with Gasteiger partial charge in [0.1, 0.15) is 10.6 Å². The quantitative estimate of drug-likeness (QED) is 0.275. The Hall–Kier alpha value is -3.54. The Balaban J connectivity index is 2.13. The molecule has 1 unspecified atom stereocenters. The fourth-order valence-corrected chi connectivity index (χ4v) is 4.31. The number of fused-ring (bicyclic) bond motifs is 1. The largest absolute Gasteiger partial charge is 0.505 e. The molecule has 0 fully saturated rings. The van der Waals surface area contributed by atoms with E-state index < -0.39 is 36.0 Å². The van der Waals surface area contributed by atoms with Crippen LogP contribution in [-0.2, 0) is 24.4 Å². The second kappa shape index (κ2) is 8.54. The predicted octanol–water partition coefficient (Wildman–Crippen LogP) is 4.38. The SMILES string of the molecule is C=CS(=C)(=O)c1ccc(N=Nc2c(S(=O)(=O)O)cc3ccc(NC(C)=O)cc3c2O)cc1. The van der Waals surface area contributed by atoms with Crippen molar-refractivity contribution < 1.29 is 27.1 Å². The number of hydrogen-bond donors (Lipinski definition) is 3. The molecule has 32 heavy (non-hydrogen) atoms. The number of anilines is 1. The minimum atomic E-state index is -4.75. The molecule has 0 aliphatic carbocycles. The van der Waals surface area contributed by atoms with Gasteiger partial charge in [0.2, 0.25) is 5.91 Å². The molecular formula is C21H19N3O6S2. The highest BCUT2D eigenvalue weighted by Gasteiger charge is 2.22. The summed E-state index contributed by atoms with van der Waals surface area (Å²) >= 11 is 0. The average molecular weight is 474 g/mol. The van der Waals surface area contributed by atoms with Crippen LogP contribution in [0.5, 0.6) is 5.75 Å². The van der Waals surface area contributed by atoms with Crippen LogP contribution < -0.4 is 5.32 Å². The lowest BCUT2D eigenvalue weighted by molar-refractivity contribution is -0.114. The second-order valence-corrected chi connectivity index (χ2v) is 10.4. The number of carbonyl (C=O) groups is 1. The Kier molecular flexibility index (Phi) is 6.17. The molecule has 3 aromatic carbocycles. The topological polar surface area (TPSA) is 145 Å². The molecule has 0 heterocycles. The summed E-state index contributed by atoms with van der Waals surface area (Å²) < 4.78 is 45.7. The molecule has 9 nitrogen and oxygen atoms in total. The summed E-state index contributed by atoms with van der Waals surface area (Å²) in [4.78, 5) is 11.1. The number of phenolic OH excluding ortho intramolecular Hbond substituents is 1. The average Bonchev–Trinajstić information content (AvgIpc) is 2.72. The number of rotatable bonds is 6. The van der Waals surface area contributed by atoms with Crippen molar-refractivity contribution in [2.45, 2.75) is 16.7 Å². The number of aromatic hydroxyl groups is 1. The summed E-state index contributed by atoms with van der Waals surface area (Å²) in [6.07, 6.45) is 0. The van der Waals surface area contributed by atoms with E-state index in [1.807, 2.05) is 0 Å². The van der Waals surface area contributed by atoms with Gasteiger partial charge in [-0.25, -0.2) is 0 Å². The van der Waals surface area contributed by atoms with Gasteiger partial charge in [0, 0.05) is 32.4 Å². The minimum Gasteiger partial charge on any atom is -0.505 e. The number of benzene rings is 3. The molecule has 0 aliphatic rings. The van der Waals surface area contributed by atoms with E-state index in [1.54, 1.807) is 0 Å². The highest BCUT2D eigenvalue weighted by molar-refractivity contribution is 8.03. The standard InChI is InChI=1S/C21H19N3O6S2/c1-4-31(3,27)17-9-7-15(8-10-17)23-24-20-19(32(28,29)30)11-14-5-6-16(22-13(2)25)12-18(14)21(20)26/h4-12,26H,1,3H2,2H3,(H,22,25)(H,28,29,30). The summed E-state index contributed by atoms with van der Waals surface area (Å²) in [6.45, 7) is 4.80. The fourth-order valence-electron chi connectivity index (χ4n) is 2.86. The smallest absolute Gasteiger partial charge is 0.296 e. The molecule has 0 bridgehead atoms. The van der Waals surface area contributed by atoms with Gasteiger partial charge in [-0.2, -0.15) is 13.5 Å². The summed E-state index contributed by atoms with van der Waals surface area (Å²) in [6, 6.07) is 11.5. The van der Waals surface area contributed by atoms with E-state index in [0.717, 1.165) is 6.07 Å². The van der Waals surface area contributed by atoms with Crippen LogP contribution in [0.15, 0.2) is 80.5 Å². The monoisotopic (exact) mass is 473 g/mol. The van der Waals surface area contributed by atoms with Crippen molar-refractivity contribution >= 4 is 59.3 Å². The predicted molar refractivity (Wildman–Crippen MR) is 124 cm³/mol. The first-order chi connectivity index (χ1) is 14.9. The number of carbonyl (C=O) groups excluding carboxylic acids is 1. The van der Waals surface area contributed by atoms with Gasteiger partial charge in [0.05, 0.1) is 5.69 Å². The van der Waals surface area contributed by atoms with Crippen molar-refractivity contribution in [3.8, 4) is 5.75 Å².